The first-order valence-electron chi connectivity index (χ1n) is 10.5. The smallest absolute Gasteiger partial charge is 0.326 e. The van der Waals surface area contributed by atoms with Crippen LogP contribution in [-0.4, -0.2) is 26.3 Å². The number of benzene rings is 2. The zero-order valence-corrected chi connectivity index (χ0v) is 17.7. The summed E-state index contributed by atoms with van der Waals surface area (Å²) in [5.74, 6) is -0.493. The Balaban J connectivity index is 1.44. The van der Waals surface area contributed by atoms with Crippen LogP contribution < -0.4 is 10.2 Å². The van der Waals surface area contributed by atoms with Crippen molar-refractivity contribution in [1.29, 1.82) is 0 Å². The summed E-state index contributed by atoms with van der Waals surface area (Å²) in [7, 11) is 0. The standard InChI is InChI=1S/C24H18F3N5O2/c25-24(26,27)16-6-3-7-17(11-16)29-21(33)12-20-22(34)31(14-15-5-4-10-28-13-15)23-30-18-8-1-2-9-19(18)32(20)23/h1-11,13,20H,12,14H2,(H,29,33). The molecule has 0 aliphatic carbocycles. The van der Waals surface area contributed by atoms with Gasteiger partial charge in [-0.2, -0.15) is 13.2 Å². The predicted molar refractivity (Wildman–Crippen MR) is 119 cm³/mol. The largest absolute Gasteiger partial charge is 0.416 e. The highest BCUT2D eigenvalue weighted by Gasteiger charge is 2.41. The zero-order valence-electron chi connectivity index (χ0n) is 17.7. The number of fused-ring (bicyclic) bond motifs is 3. The summed E-state index contributed by atoms with van der Waals surface area (Å²) in [5, 5.41) is 2.48. The highest BCUT2D eigenvalue weighted by atomic mass is 19.4. The molecule has 5 rings (SSSR count). The summed E-state index contributed by atoms with van der Waals surface area (Å²) >= 11 is 0. The van der Waals surface area contributed by atoms with Gasteiger partial charge < -0.3 is 5.32 Å². The number of halogens is 3. The number of carbonyl (C=O) groups excluding carboxylic acids is 2. The van der Waals surface area contributed by atoms with Gasteiger partial charge in [-0.1, -0.05) is 24.3 Å². The molecule has 1 unspecified atom stereocenters. The minimum atomic E-state index is -4.53. The van der Waals surface area contributed by atoms with E-state index in [0.29, 0.717) is 17.0 Å². The van der Waals surface area contributed by atoms with Crippen molar-refractivity contribution in [1.82, 2.24) is 14.5 Å². The second-order valence-corrected chi connectivity index (χ2v) is 7.90. The summed E-state index contributed by atoms with van der Waals surface area (Å²) in [6.45, 7) is 0.224. The lowest BCUT2D eigenvalue weighted by molar-refractivity contribution is -0.137. The van der Waals surface area contributed by atoms with Crippen LogP contribution in [0.15, 0.2) is 73.1 Å². The molecule has 1 aliphatic rings. The van der Waals surface area contributed by atoms with Crippen molar-refractivity contribution in [3.05, 3.63) is 84.2 Å². The number of hydrogen-bond donors (Lipinski definition) is 1. The van der Waals surface area contributed by atoms with Crippen LogP contribution in [0.1, 0.15) is 23.6 Å². The Morgan fingerprint density at radius 2 is 1.88 bits per heavy atom. The summed E-state index contributed by atoms with van der Waals surface area (Å²) in [5.41, 5.74) is 1.30. The molecular weight excluding hydrogens is 447 g/mol. The zero-order chi connectivity index (χ0) is 23.9. The number of para-hydroxylation sites is 2. The lowest BCUT2D eigenvalue weighted by atomic mass is 10.1. The summed E-state index contributed by atoms with van der Waals surface area (Å²) < 4.78 is 40.7. The van der Waals surface area contributed by atoms with Crippen LogP contribution in [0.5, 0.6) is 0 Å². The van der Waals surface area contributed by atoms with E-state index in [2.05, 4.69) is 15.3 Å². The van der Waals surface area contributed by atoms with E-state index in [1.807, 2.05) is 30.3 Å². The van der Waals surface area contributed by atoms with Gasteiger partial charge in [0.25, 0.3) is 5.91 Å². The Hall–Kier alpha value is -4.21. The molecule has 3 heterocycles. The molecule has 0 saturated heterocycles. The summed E-state index contributed by atoms with van der Waals surface area (Å²) in [6, 6.07) is 14.4. The molecule has 10 heteroatoms. The number of rotatable bonds is 5. The molecule has 34 heavy (non-hydrogen) atoms. The van der Waals surface area contributed by atoms with Crippen molar-refractivity contribution >= 4 is 34.5 Å². The first-order valence-corrected chi connectivity index (χ1v) is 10.5. The van der Waals surface area contributed by atoms with Crippen LogP contribution in [0.4, 0.5) is 24.8 Å². The van der Waals surface area contributed by atoms with Crippen LogP contribution in [0.25, 0.3) is 11.0 Å². The van der Waals surface area contributed by atoms with Crippen molar-refractivity contribution in [2.75, 3.05) is 10.2 Å². The highest BCUT2D eigenvalue weighted by molar-refractivity contribution is 6.05. The van der Waals surface area contributed by atoms with Crippen molar-refractivity contribution < 1.29 is 22.8 Å². The minimum absolute atomic E-state index is 0.00759. The quantitative estimate of drug-likeness (QED) is 0.468. The minimum Gasteiger partial charge on any atom is -0.326 e. The first kappa shape index (κ1) is 21.6. The lowest BCUT2D eigenvalue weighted by Crippen LogP contribution is -2.31. The van der Waals surface area contributed by atoms with Crippen LogP contribution in [0, 0.1) is 0 Å². The topological polar surface area (TPSA) is 80.1 Å². The number of hydrogen-bond acceptors (Lipinski definition) is 4. The van der Waals surface area contributed by atoms with Gasteiger partial charge in [0.05, 0.1) is 29.6 Å². The van der Waals surface area contributed by atoms with E-state index in [0.717, 1.165) is 17.7 Å². The van der Waals surface area contributed by atoms with Crippen molar-refractivity contribution in [3.63, 3.8) is 0 Å². The van der Waals surface area contributed by atoms with Gasteiger partial charge in [0.2, 0.25) is 11.9 Å². The number of nitrogens with zero attached hydrogens (tertiary/aromatic N) is 4. The molecule has 1 atom stereocenters. The third-order valence-electron chi connectivity index (χ3n) is 5.60. The van der Waals surface area contributed by atoms with E-state index in [-0.39, 0.29) is 24.6 Å². The Bertz CT molecular complexity index is 1380. The van der Waals surface area contributed by atoms with Gasteiger partial charge in [-0.15, -0.1) is 0 Å². The number of pyridine rings is 1. The molecule has 2 aromatic heterocycles. The second kappa shape index (κ2) is 8.29. The van der Waals surface area contributed by atoms with Crippen molar-refractivity contribution in [2.24, 2.45) is 0 Å². The lowest BCUT2D eigenvalue weighted by Gasteiger charge is -2.16. The number of aromatic nitrogens is 3. The fourth-order valence-electron chi connectivity index (χ4n) is 4.08. The van der Waals surface area contributed by atoms with Gasteiger partial charge in [0.1, 0.15) is 6.04 Å². The monoisotopic (exact) mass is 465 g/mol. The molecule has 2 aromatic carbocycles. The molecule has 1 N–H and O–H groups in total. The fourth-order valence-corrected chi connectivity index (χ4v) is 4.08. The molecule has 4 aromatic rings. The fraction of sp³-hybridized carbons (Fsp3) is 0.167. The number of amides is 2. The number of carbonyl (C=O) groups is 2. The van der Waals surface area contributed by atoms with E-state index in [9.17, 15) is 22.8 Å². The third-order valence-corrected chi connectivity index (χ3v) is 5.60. The highest BCUT2D eigenvalue weighted by Crippen LogP contribution is 2.37. The number of imidazole rings is 1. The van der Waals surface area contributed by atoms with Gasteiger partial charge in [0, 0.05) is 18.1 Å². The van der Waals surface area contributed by atoms with Gasteiger partial charge in [-0.25, -0.2) is 4.98 Å². The predicted octanol–water partition coefficient (Wildman–Crippen LogP) is 4.57. The van der Waals surface area contributed by atoms with Crippen molar-refractivity contribution in [3.8, 4) is 0 Å². The van der Waals surface area contributed by atoms with E-state index in [1.165, 1.54) is 17.0 Å². The molecule has 0 fully saturated rings. The van der Waals surface area contributed by atoms with Crippen molar-refractivity contribution in [2.45, 2.75) is 25.2 Å². The van der Waals surface area contributed by atoms with E-state index in [4.69, 9.17) is 0 Å². The second-order valence-electron chi connectivity index (χ2n) is 7.90. The third kappa shape index (κ3) is 3.98. The average Bonchev–Trinajstić information content (AvgIpc) is 3.30. The Morgan fingerprint density at radius 3 is 2.65 bits per heavy atom. The van der Waals surface area contributed by atoms with Gasteiger partial charge in [-0.3, -0.25) is 24.0 Å². The molecule has 1 aliphatic heterocycles. The number of nitrogens with one attached hydrogen (secondary N) is 1. The molecule has 0 bridgehead atoms. The normalized spacial score (nSPS) is 15.6. The molecule has 172 valence electrons. The summed E-state index contributed by atoms with van der Waals surface area (Å²) in [6.07, 6.45) is -1.51. The Morgan fingerprint density at radius 1 is 1.06 bits per heavy atom. The average molecular weight is 465 g/mol. The van der Waals surface area contributed by atoms with Gasteiger partial charge in [0.15, 0.2) is 0 Å². The van der Waals surface area contributed by atoms with E-state index >= 15 is 0 Å². The SMILES string of the molecule is O=C(CC1C(=O)N(Cc2cccnc2)c2nc3ccccc3n21)Nc1cccc(C(F)(F)F)c1. The maximum Gasteiger partial charge on any atom is 0.416 e. The molecule has 2 amide bonds. The van der Waals surface area contributed by atoms with E-state index < -0.39 is 23.7 Å². The molecular formula is C24H18F3N5O2. The van der Waals surface area contributed by atoms with Gasteiger partial charge >= 0.3 is 6.18 Å². The van der Waals surface area contributed by atoms with E-state index in [1.54, 1.807) is 23.0 Å². The maximum absolute atomic E-state index is 13.4. The van der Waals surface area contributed by atoms with Gasteiger partial charge in [-0.05, 0) is 42.0 Å². The Labute approximate surface area is 191 Å². The molecule has 7 nitrogen and oxygen atoms in total. The Kier molecular flexibility index (Phi) is 5.27. The van der Waals surface area contributed by atoms with Crippen LogP contribution in [0.2, 0.25) is 0 Å². The summed E-state index contributed by atoms with van der Waals surface area (Å²) in [4.78, 5) is 36.3. The van der Waals surface area contributed by atoms with Crippen LogP contribution in [-0.2, 0) is 22.3 Å². The maximum atomic E-state index is 13.4. The van der Waals surface area contributed by atoms with Crippen LogP contribution >= 0.6 is 0 Å². The van der Waals surface area contributed by atoms with Crippen LogP contribution in [0.3, 0.4) is 0 Å². The number of alkyl halides is 3. The molecule has 0 saturated carbocycles. The molecule has 0 spiro atoms. The first-order chi connectivity index (χ1) is 16.3. The molecule has 0 radical (unpaired) electrons. The number of anilines is 2.